The topological polar surface area (TPSA) is 68.8 Å². The second-order valence-corrected chi connectivity index (χ2v) is 6.92. The molecule has 2 N–H and O–H groups in total. The summed E-state index contributed by atoms with van der Waals surface area (Å²) < 4.78 is 16.1. The van der Waals surface area contributed by atoms with Crippen LogP contribution in [0.25, 0.3) is 0 Å². The molecule has 0 saturated heterocycles. The van der Waals surface area contributed by atoms with Crippen molar-refractivity contribution in [1.82, 2.24) is 5.32 Å². The molecule has 0 aliphatic carbocycles. The van der Waals surface area contributed by atoms with E-state index in [2.05, 4.69) is 16.7 Å². The fourth-order valence-electron chi connectivity index (χ4n) is 2.50. The van der Waals surface area contributed by atoms with E-state index < -0.39 is 11.7 Å². The molecule has 24 heavy (non-hydrogen) atoms. The van der Waals surface area contributed by atoms with Crippen molar-refractivity contribution in [3.63, 3.8) is 0 Å². The summed E-state index contributed by atoms with van der Waals surface area (Å²) in [5.41, 5.74) is 1.74. The Morgan fingerprint density at radius 1 is 1.38 bits per heavy atom. The number of carbonyl (C=O) groups is 1. The Bertz CT molecular complexity index is 554. The second-order valence-electron chi connectivity index (χ2n) is 6.92. The Kier molecular flexibility index (Phi) is 6.31. The average molecular weight is 336 g/mol. The third kappa shape index (κ3) is 5.92. The van der Waals surface area contributed by atoms with Crippen LogP contribution in [0.5, 0.6) is 5.75 Å². The summed E-state index contributed by atoms with van der Waals surface area (Å²) in [7, 11) is 1.71. The molecule has 0 fully saturated rings. The van der Waals surface area contributed by atoms with Crippen molar-refractivity contribution in [3.05, 3.63) is 23.8 Å². The third-order valence-corrected chi connectivity index (χ3v) is 3.53. The normalized spacial score (nSPS) is 16.2. The molecule has 0 saturated carbocycles. The first-order valence-corrected chi connectivity index (χ1v) is 8.36. The molecule has 1 unspecified atom stereocenters. The first-order valence-electron chi connectivity index (χ1n) is 8.36. The van der Waals surface area contributed by atoms with Crippen molar-refractivity contribution in [1.29, 1.82) is 0 Å². The molecule has 1 aliphatic heterocycles. The molecule has 1 atom stereocenters. The van der Waals surface area contributed by atoms with Crippen LogP contribution in [-0.4, -0.2) is 44.6 Å². The van der Waals surface area contributed by atoms with Crippen LogP contribution in [0.2, 0.25) is 0 Å². The zero-order valence-electron chi connectivity index (χ0n) is 15.0. The molecule has 1 aromatic carbocycles. The molecule has 0 radical (unpaired) electrons. The molecule has 0 bridgehead atoms. The Morgan fingerprint density at radius 2 is 2.17 bits per heavy atom. The molecular weight excluding hydrogens is 308 g/mol. The minimum Gasteiger partial charge on any atom is -0.488 e. The molecule has 1 aromatic rings. The van der Waals surface area contributed by atoms with Crippen LogP contribution in [0.4, 0.5) is 10.5 Å². The molecule has 134 valence electrons. The van der Waals surface area contributed by atoms with Gasteiger partial charge in [-0.1, -0.05) is 0 Å². The number of rotatable bonds is 7. The number of benzene rings is 1. The molecule has 6 heteroatoms. The summed E-state index contributed by atoms with van der Waals surface area (Å²) >= 11 is 0. The highest BCUT2D eigenvalue weighted by Crippen LogP contribution is 2.31. The molecule has 1 aliphatic rings. The van der Waals surface area contributed by atoms with Crippen LogP contribution in [-0.2, 0) is 15.9 Å². The maximum Gasteiger partial charge on any atom is 0.407 e. The van der Waals surface area contributed by atoms with E-state index in [9.17, 15) is 4.79 Å². The van der Waals surface area contributed by atoms with Gasteiger partial charge in [0.15, 0.2) is 0 Å². The van der Waals surface area contributed by atoms with Crippen LogP contribution >= 0.6 is 0 Å². The zero-order valence-corrected chi connectivity index (χ0v) is 15.0. The number of hydrogen-bond acceptors (Lipinski definition) is 5. The summed E-state index contributed by atoms with van der Waals surface area (Å²) in [5, 5.41) is 6.14. The zero-order chi connectivity index (χ0) is 17.6. The quantitative estimate of drug-likeness (QED) is 0.749. The predicted molar refractivity (Wildman–Crippen MR) is 93.8 cm³/mol. The molecule has 0 aromatic heterocycles. The van der Waals surface area contributed by atoms with Crippen LogP contribution in [0.1, 0.15) is 32.8 Å². The van der Waals surface area contributed by atoms with E-state index in [1.165, 1.54) is 0 Å². The van der Waals surface area contributed by atoms with Crippen molar-refractivity contribution < 1.29 is 19.0 Å². The van der Waals surface area contributed by atoms with E-state index in [0.717, 1.165) is 43.0 Å². The second kappa shape index (κ2) is 8.24. The van der Waals surface area contributed by atoms with Crippen LogP contribution in [0.3, 0.4) is 0 Å². The van der Waals surface area contributed by atoms with Gasteiger partial charge < -0.3 is 24.8 Å². The smallest absolute Gasteiger partial charge is 0.407 e. The van der Waals surface area contributed by atoms with Gasteiger partial charge in [-0.3, -0.25) is 0 Å². The van der Waals surface area contributed by atoms with Crippen molar-refractivity contribution >= 4 is 11.8 Å². The number of ether oxygens (including phenoxy) is 3. The first kappa shape index (κ1) is 18.4. The van der Waals surface area contributed by atoms with Gasteiger partial charge in [-0.2, -0.15) is 0 Å². The van der Waals surface area contributed by atoms with Gasteiger partial charge in [-0.25, -0.2) is 4.79 Å². The maximum atomic E-state index is 11.7. The monoisotopic (exact) mass is 336 g/mol. The van der Waals surface area contributed by atoms with Gasteiger partial charge in [-0.05, 0) is 51.0 Å². The van der Waals surface area contributed by atoms with Crippen molar-refractivity contribution in [2.24, 2.45) is 0 Å². The van der Waals surface area contributed by atoms with Gasteiger partial charge >= 0.3 is 6.09 Å². The molecule has 6 nitrogen and oxygen atoms in total. The number of amides is 1. The summed E-state index contributed by atoms with van der Waals surface area (Å²) in [6.07, 6.45) is 1.27. The van der Waals surface area contributed by atoms with E-state index in [1.54, 1.807) is 7.11 Å². The summed E-state index contributed by atoms with van der Waals surface area (Å²) in [4.78, 5) is 11.7. The summed E-state index contributed by atoms with van der Waals surface area (Å²) in [5.74, 6) is 0.883. The SMILES string of the molecule is COCCCNc1ccc2c(c1)CC(CNC(=O)OC(C)(C)C)O2. The van der Waals surface area contributed by atoms with Gasteiger partial charge in [0.25, 0.3) is 0 Å². The molecule has 2 rings (SSSR count). The third-order valence-electron chi connectivity index (χ3n) is 3.53. The number of alkyl carbamates (subject to hydrolysis) is 1. The lowest BCUT2D eigenvalue weighted by atomic mass is 10.1. The Labute approximate surface area is 143 Å². The number of hydrogen-bond donors (Lipinski definition) is 2. The number of methoxy groups -OCH3 is 1. The Balaban J connectivity index is 1.78. The lowest BCUT2D eigenvalue weighted by Crippen LogP contribution is -2.38. The Hall–Kier alpha value is -1.95. The van der Waals surface area contributed by atoms with Gasteiger partial charge in [0.2, 0.25) is 0 Å². The van der Waals surface area contributed by atoms with E-state index in [-0.39, 0.29) is 6.10 Å². The lowest BCUT2D eigenvalue weighted by Gasteiger charge is -2.20. The van der Waals surface area contributed by atoms with Gasteiger partial charge in [-0.15, -0.1) is 0 Å². The fraction of sp³-hybridized carbons (Fsp3) is 0.611. The highest BCUT2D eigenvalue weighted by molar-refractivity contribution is 5.67. The van der Waals surface area contributed by atoms with Crippen LogP contribution in [0, 0.1) is 0 Å². The Morgan fingerprint density at radius 3 is 2.88 bits per heavy atom. The lowest BCUT2D eigenvalue weighted by molar-refractivity contribution is 0.0506. The molecular formula is C18H28N2O4. The molecule has 1 amide bonds. The number of carbonyl (C=O) groups excluding carboxylic acids is 1. The van der Waals surface area contributed by atoms with E-state index >= 15 is 0 Å². The number of nitrogens with one attached hydrogen (secondary N) is 2. The van der Waals surface area contributed by atoms with Gasteiger partial charge in [0.1, 0.15) is 17.5 Å². The van der Waals surface area contributed by atoms with Crippen LogP contribution < -0.4 is 15.4 Å². The predicted octanol–water partition coefficient (Wildman–Crippen LogP) is 2.96. The minimum atomic E-state index is -0.493. The largest absolute Gasteiger partial charge is 0.488 e. The molecule has 0 spiro atoms. The van der Waals surface area contributed by atoms with E-state index in [0.29, 0.717) is 6.54 Å². The van der Waals surface area contributed by atoms with Crippen molar-refractivity contribution in [2.75, 3.05) is 32.1 Å². The molecule has 1 heterocycles. The number of fused-ring (bicyclic) bond motifs is 1. The summed E-state index contributed by atoms with van der Waals surface area (Å²) in [6.45, 7) is 7.58. The van der Waals surface area contributed by atoms with Crippen molar-refractivity contribution in [2.45, 2.75) is 45.3 Å². The summed E-state index contributed by atoms with van der Waals surface area (Å²) in [6, 6.07) is 6.09. The van der Waals surface area contributed by atoms with Gasteiger partial charge in [0.05, 0.1) is 6.54 Å². The average Bonchev–Trinajstić information content (AvgIpc) is 2.90. The van der Waals surface area contributed by atoms with E-state index in [1.807, 2.05) is 32.9 Å². The first-order chi connectivity index (χ1) is 11.4. The highest BCUT2D eigenvalue weighted by atomic mass is 16.6. The minimum absolute atomic E-state index is 0.0590. The fourth-order valence-corrected chi connectivity index (χ4v) is 2.50. The highest BCUT2D eigenvalue weighted by Gasteiger charge is 2.24. The maximum absolute atomic E-state index is 11.7. The van der Waals surface area contributed by atoms with Gasteiger partial charge in [0, 0.05) is 32.4 Å². The van der Waals surface area contributed by atoms with Crippen LogP contribution in [0.15, 0.2) is 18.2 Å². The standard InChI is InChI=1S/C18H28N2O4/c1-18(2,3)24-17(21)20-12-15-11-13-10-14(6-7-16(13)23-15)19-8-5-9-22-4/h6-7,10,15,19H,5,8-9,11-12H2,1-4H3,(H,20,21). The number of anilines is 1. The van der Waals surface area contributed by atoms with Crippen molar-refractivity contribution in [3.8, 4) is 5.75 Å². The van der Waals surface area contributed by atoms with E-state index in [4.69, 9.17) is 14.2 Å².